The molecule has 0 fully saturated rings. The van der Waals surface area contributed by atoms with Crippen molar-refractivity contribution in [2.45, 2.75) is 58.9 Å². The number of aliphatic hydroxyl groups is 1. The van der Waals surface area contributed by atoms with Crippen LogP contribution in [0.5, 0.6) is 0 Å². The highest BCUT2D eigenvalue weighted by Crippen LogP contribution is 2.06. The predicted octanol–water partition coefficient (Wildman–Crippen LogP) is 2.19. The number of carbonyl (C=O) groups is 1. The molecule has 0 aliphatic carbocycles. The van der Waals surface area contributed by atoms with Crippen molar-refractivity contribution < 1.29 is 9.90 Å². The smallest absolute Gasteiger partial charge is 0.222 e. The lowest BCUT2D eigenvalue weighted by Gasteiger charge is -2.26. The zero-order valence-corrected chi connectivity index (χ0v) is 10.3. The highest BCUT2D eigenvalue weighted by Gasteiger charge is 2.15. The predicted molar refractivity (Wildman–Crippen MR) is 62.7 cm³/mol. The Morgan fingerprint density at radius 2 is 1.93 bits per heavy atom. The van der Waals surface area contributed by atoms with E-state index in [2.05, 4.69) is 6.92 Å². The van der Waals surface area contributed by atoms with Crippen molar-refractivity contribution in [2.24, 2.45) is 0 Å². The molecule has 0 atom stereocenters. The average molecular weight is 215 g/mol. The molecule has 1 amide bonds. The van der Waals surface area contributed by atoms with Gasteiger partial charge in [0.25, 0.3) is 0 Å². The van der Waals surface area contributed by atoms with Crippen LogP contribution < -0.4 is 0 Å². The fourth-order valence-corrected chi connectivity index (χ4v) is 1.58. The second-order valence-corrected chi connectivity index (χ2v) is 4.22. The summed E-state index contributed by atoms with van der Waals surface area (Å²) in [6.45, 7) is 7.21. The van der Waals surface area contributed by atoms with Crippen molar-refractivity contribution in [3.8, 4) is 0 Å². The molecule has 0 heterocycles. The van der Waals surface area contributed by atoms with Crippen molar-refractivity contribution in [1.29, 1.82) is 0 Å². The van der Waals surface area contributed by atoms with Gasteiger partial charge in [0.05, 0.1) is 0 Å². The maximum Gasteiger partial charge on any atom is 0.222 e. The summed E-state index contributed by atoms with van der Waals surface area (Å²) in [5, 5.41) is 8.68. The molecule has 3 nitrogen and oxygen atoms in total. The van der Waals surface area contributed by atoms with Gasteiger partial charge < -0.3 is 10.0 Å². The number of hydrogen-bond donors (Lipinski definition) is 1. The van der Waals surface area contributed by atoms with E-state index in [1.807, 2.05) is 18.7 Å². The van der Waals surface area contributed by atoms with Gasteiger partial charge in [-0.25, -0.2) is 0 Å². The van der Waals surface area contributed by atoms with Gasteiger partial charge in [-0.05, 0) is 26.7 Å². The van der Waals surface area contributed by atoms with E-state index in [4.69, 9.17) is 5.11 Å². The van der Waals surface area contributed by atoms with Crippen molar-refractivity contribution in [3.05, 3.63) is 0 Å². The average Bonchev–Trinajstić information content (AvgIpc) is 2.20. The molecule has 0 rings (SSSR count). The van der Waals surface area contributed by atoms with Crippen LogP contribution in [0, 0.1) is 0 Å². The van der Waals surface area contributed by atoms with Crippen LogP contribution in [0.1, 0.15) is 52.9 Å². The minimum absolute atomic E-state index is 0.104. The third-order valence-electron chi connectivity index (χ3n) is 2.50. The Morgan fingerprint density at radius 3 is 2.40 bits per heavy atom. The van der Waals surface area contributed by atoms with E-state index < -0.39 is 0 Å². The van der Waals surface area contributed by atoms with E-state index in [1.165, 1.54) is 12.8 Å². The van der Waals surface area contributed by atoms with Crippen LogP contribution in [0.25, 0.3) is 0 Å². The van der Waals surface area contributed by atoms with Crippen molar-refractivity contribution in [2.75, 3.05) is 13.2 Å². The van der Waals surface area contributed by atoms with Crippen molar-refractivity contribution in [3.63, 3.8) is 0 Å². The minimum Gasteiger partial charge on any atom is -0.396 e. The highest BCUT2D eigenvalue weighted by atomic mass is 16.3. The molecule has 0 bridgehead atoms. The van der Waals surface area contributed by atoms with Crippen molar-refractivity contribution >= 4 is 5.91 Å². The topological polar surface area (TPSA) is 40.5 Å². The van der Waals surface area contributed by atoms with E-state index >= 15 is 0 Å². The standard InChI is InChI=1S/C12H25NO2/c1-4-5-6-9-13(11(2)3)12(15)8-7-10-14/h11,14H,4-10H2,1-3H3. The maximum absolute atomic E-state index is 11.8. The molecular weight excluding hydrogens is 190 g/mol. The van der Waals surface area contributed by atoms with Gasteiger partial charge >= 0.3 is 0 Å². The zero-order valence-electron chi connectivity index (χ0n) is 10.3. The lowest BCUT2D eigenvalue weighted by molar-refractivity contribution is -0.133. The summed E-state index contributed by atoms with van der Waals surface area (Å²) >= 11 is 0. The molecule has 0 aromatic heterocycles. The zero-order chi connectivity index (χ0) is 11.7. The number of unbranched alkanes of at least 4 members (excludes halogenated alkanes) is 2. The van der Waals surface area contributed by atoms with E-state index in [0.29, 0.717) is 12.8 Å². The Morgan fingerprint density at radius 1 is 1.27 bits per heavy atom. The van der Waals surface area contributed by atoms with Crippen LogP contribution in [0.4, 0.5) is 0 Å². The summed E-state index contributed by atoms with van der Waals surface area (Å²) in [6.07, 6.45) is 4.49. The van der Waals surface area contributed by atoms with E-state index in [-0.39, 0.29) is 18.6 Å². The Balaban J connectivity index is 3.96. The molecule has 0 radical (unpaired) electrons. The van der Waals surface area contributed by atoms with Gasteiger partial charge in [0.1, 0.15) is 0 Å². The molecule has 0 saturated heterocycles. The summed E-state index contributed by atoms with van der Waals surface area (Å²) in [5.74, 6) is 0.176. The molecule has 3 heteroatoms. The second kappa shape index (κ2) is 8.72. The molecule has 15 heavy (non-hydrogen) atoms. The lowest BCUT2D eigenvalue weighted by atomic mass is 10.2. The summed E-state index contributed by atoms with van der Waals surface area (Å²) in [7, 11) is 0. The molecule has 1 N–H and O–H groups in total. The number of rotatable bonds is 8. The van der Waals surface area contributed by atoms with Crippen LogP contribution in [0.2, 0.25) is 0 Å². The Hall–Kier alpha value is -0.570. The van der Waals surface area contributed by atoms with E-state index in [0.717, 1.165) is 13.0 Å². The second-order valence-electron chi connectivity index (χ2n) is 4.22. The molecular formula is C12H25NO2. The fraction of sp³-hybridized carbons (Fsp3) is 0.917. The van der Waals surface area contributed by atoms with E-state index in [1.54, 1.807) is 0 Å². The SMILES string of the molecule is CCCCCN(C(=O)CCCO)C(C)C. The number of carbonyl (C=O) groups excluding carboxylic acids is 1. The first-order valence-corrected chi connectivity index (χ1v) is 6.03. The first-order chi connectivity index (χ1) is 7.13. The molecule has 0 aliphatic heterocycles. The van der Waals surface area contributed by atoms with Gasteiger partial charge in [-0.2, -0.15) is 0 Å². The molecule has 0 saturated carbocycles. The minimum atomic E-state index is 0.104. The summed E-state index contributed by atoms with van der Waals surface area (Å²) in [6, 6.07) is 0.271. The van der Waals surface area contributed by atoms with Gasteiger partial charge in [-0.1, -0.05) is 19.8 Å². The van der Waals surface area contributed by atoms with Crippen LogP contribution >= 0.6 is 0 Å². The molecule has 0 spiro atoms. The normalized spacial score (nSPS) is 10.7. The molecule has 0 aromatic rings. The third kappa shape index (κ3) is 6.50. The third-order valence-corrected chi connectivity index (χ3v) is 2.50. The van der Waals surface area contributed by atoms with Crippen LogP contribution in [0.3, 0.4) is 0 Å². The first kappa shape index (κ1) is 14.4. The maximum atomic E-state index is 11.8. The highest BCUT2D eigenvalue weighted by molar-refractivity contribution is 5.76. The monoisotopic (exact) mass is 215 g/mol. The largest absolute Gasteiger partial charge is 0.396 e. The number of hydrogen-bond acceptors (Lipinski definition) is 2. The fourth-order valence-electron chi connectivity index (χ4n) is 1.58. The number of nitrogens with zero attached hydrogens (tertiary/aromatic N) is 1. The van der Waals surface area contributed by atoms with Gasteiger partial charge in [0, 0.05) is 25.6 Å². The Labute approximate surface area is 93.5 Å². The van der Waals surface area contributed by atoms with Crippen molar-refractivity contribution in [1.82, 2.24) is 4.90 Å². The van der Waals surface area contributed by atoms with Gasteiger partial charge in [-0.3, -0.25) is 4.79 Å². The van der Waals surface area contributed by atoms with Gasteiger partial charge in [0.15, 0.2) is 0 Å². The molecule has 0 aliphatic rings. The summed E-state index contributed by atoms with van der Waals surface area (Å²) in [4.78, 5) is 13.7. The summed E-state index contributed by atoms with van der Waals surface area (Å²) < 4.78 is 0. The Bertz CT molecular complexity index is 169. The molecule has 0 aromatic carbocycles. The first-order valence-electron chi connectivity index (χ1n) is 6.03. The number of aliphatic hydroxyl groups excluding tert-OH is 1. The van der Waals surface area contributed by atoms with Crippen LogP contribution in [-0.2, 0) is 4.79 Å². The van der Waals surface area contributed by atoms with Gasteiger partial charge in [-0.15, -0.1) is 0 Å². The van der Waals surface area contributed by atoms with Gasteiger partial charge in [0.2, 0.25) is 5.91 Å². The summed E-state index contributed by atoms with van der Waals surface area (Å²) in [5.41, 5.74) is 0. The van der Waals surface area contributed by atoms with Crippen LogP contribution in [0.15, 0.2) is 0 Å². The Kier molecular flexibility index (Phi) is 8.38. The van der Waals surface area contributed by atoms with Crippen LogP contribution in [-0.4, -0.2) is 35.1 Å². The molecule has 0 unspecified atom stereocenters. The lowest BCUT2D eigenvalue weighted by Crippen LogP contribution is -2.37. The molecule has 90 valence electrons. The number of amides is 1. The quantitative estimate of drug-likeness (QED) is 0.630. The van der Waals surface area contributed by atoms with E-state index in [9.17, 15) is 4.79 Å².